The van der Waals surface area contributed by atoms with Crippen molar-refractivity contribution in [1.82, 2.24) is 4.31 Å². The van der Waals surface area contributed by atoms with Gasteiger partial charge in [0.05, 0.1) is 0 Å². The van der Waals surface area contributed by atoms with Gasteiger partial charge in [0.2, 0.25) is 10.0 Å². The summed E-state index contributed by atoms with van der Waals surface area (Å²) >= 11 is 0. The van der Waals surface area contributed by atoms with Crippen LogP contribution in [0.3, 0.4) is 0 Å². The summed E-state index contributed by atoms with van der Waals surface area (Å²) in [5, 5.41) is 18.3. The Hall–Kier alpha value is -1.60. The number of nitrogens with zero attached hydrogens (tertiary/aromatic N) is 1. The molecule has 0 spiro atoms. The topological polar surface area (TPSA) is 94.9 Å². The van der Waals surface area contributed by atoms with Crippen molar-refractivity contribution < 1.29 is 23.4 Å². The average molecular weight is 245 g/mol. The van der Waals surface area contributed by atoms with E-state index >= 15 is 0 Å². The zero-order chi connectivity index (χ0) is 12.5. The number of para-hydroxylation sites is 1. The molecule has 6 nitrogen and oxygen atoms in total. The van der Waals surface area contributed by atoms with E-state index in [0.29, 0.717) is 0 Å². The lowest BCUT2D eigenvalue weighted by molar-refractivity contribution is 0.0693. The smallest absolute Gasteiger partial charge is 0.339 e. The van der Waals surface area contributed by atoms with E-state index in [2.05, 4.69) is 0 Å². The average Bonchev–Trinajstić information content (AvgIpc) is 2.16. The van der Waals surface area contributed by atoms with E-state index in [9.17, 15) is 18.3 Å². The molecule has 0 atom stereocenters. The van der Waals surface area contributed by atoms with Crippen molar-refractivity contribution in [2.24, 2.45) is 0 Å². The number of aromatic hydroxyl groups is 1. The first-order valence-electron chi connectivity index (χ1n) is 4.26. The molecule has 0 aliphatic heterocycles. The molecule has 0 saturated carbocycles. The van der Waals surface area contributed by atoms with E-state index < -0.39 is 32.2 Å². The van der Waals surface area contributed by atoms with Gasteiger partial charge in [-0.2, -0.15) is 0 Å². The first-order valence-corrected chi connectivity index (χ1v) is 5.70. The normalized spacial score (nSPS) is 11.7. The van der Waals surface area contributed by atoms with Crippen LogP contribution in [0.4, 0.5) is 0 Å². The lowest BCUT2D eigenvalue weighted by atomic mass is 10.2. The number of benzene rings is 1. The molecule has 0 aliphatic rings. The van der Waals surface area contributed by atoms with E-state index in [0.717, 1.165) is 16.4 Å². The van der Waals surface area contributed by atoms with Crippen LogP contribution in [0.2, 0.25) is 0 Å². The summed E-state index contributed by atoms with van der Waals surface area (Å²) in [6, 6.07) is 3.54. The minimum atomic E-state index is -3.84. The number of carboxylic acids is 1. The zero-order valence-corrected chi connectivity index (χ0v) is 9.52. The highest BCUT2D eigenvalue weighted by atomic mass is 32.2. The number of carboxylic acid groups (broad SMARTS) is 1. The van der Waals surface area contributed by atoms with Crippen LogP contribution in [0.1, 0.15) is 10.4 Å². The third-order valence-electron chi connectivity index (χ3n) is 1.99. The molecule has 0 radical (unpaired) electrons. The van der Waals surface area contributed by atoms with E-state index in [-0.39, 0.29) is 0 Å². The summed E-state index contributed by atoms with van der Waals surface area (Å²) in [6.45, 7) is 0. The predicted molar refractivity (Wildman–Crippen MR) is 55.9 cm³/mol. The van der Waals surface area contributed by atoms with Crippen LogP contribution in [0, 0.1) is 0 Å². The van der Waals surface area contributed by atoms with Crippen LogP contribution in [-0.2, 0) is 10.0 Å². The van der Waals surface area contributed by atoms with E-state index in [4.69, 9.17) is 5.11 Å². The Morgan fingerprint density at radius 3 is 2.31 bits per heavy atom. The monoisotopic (exact) mass is 245 g/mol. The van der Waals surface area contributed by atoms with Gasteiger partial charge in [-0.05, 0) is 12.1 Å². The van der Waals surface area contributed by atoms with Crippen LogP contribution in [0.5, 0.6) is 5.75 Å². The second-order valence-corrected chi connectivity index (χ2v) is 5.37. The van der Waals surface area contributed by atoms with Crippen molar-refractivity contribution in [2.45, 2.75) is 4.90 Å². The van der Waals surface area contributed by atoms with Gasteiger partial charge in [-0.25, -0.2) is 17.5 Å². The molecule has 0 amide bonds. The van der Waals surface area contributed by atoms with Crippen LogP contribution in [0.25, 0.3) is 0 Å². The Morgan fingerprint density at radius 2 is 1.88 bits per heavy atom. The number of phenols is 1. The number of carbonyl (C=O) groups is 1. The maximum Gasteiger partial charge on any atom is 0.339 e. The fourth-order valence-electron chi connectivity index (χ4n) is 1.10. The maximum atomic E-state index is 11.7. The van der Waals surface area contributed by atoms with Crippen molar-refractivity contribution in [3.05, 3.63) is 23.8 Å². The van der Waals surface area contributed by atoms with Gasteiger partial charge in [-0.1, -0.05) is 6.07 Å². The minimum Gasteiger partial charge on any atom is -0.506 e. The molecule has 0 aromatic heterocycles. The Morgan fingerprint density at radius 1 is 1.31 bits per heavy atom. The molecule has 2 N–H and O–H groups in total. The van der Waals surface area contributed by atoms with Gasteiger partial charge >= 0.3 is 5.97 Å². The third kappa shape index (κ3) is 2.00. The molecule has 1 aromatic carbocycles. The zero-order valence-electron chi connectivity index (χ0n) is 8.71. The summed E-state index contributed by atoms with van der Waals surface area (Å²) < 4.78 is 24.3. The maximum absolute atomic E-state index is 11.7. The summed E-state index contributed by atoms with van der Waals surface area (Å²) in [5.74, 6) is -2.13. The molecule has 7 heteroatoms. The number of sulfonamides is 1. The van der Waals surface area contributed by atoms with Crippen LogP contribution in [-0.4, -0.2) is 43.0 Å². The fraction of sp³-hybridized carbons (Fsp3) is 0.222. The molecule has 1 aromatic rings. The van der Waals surface area contributed by atoms with Crippen molar-refractivity contribution in [2.75, 3.05) is 14.1 Å². The van der Waals surface area contributed by atoms with E-state index in [1.807, 2.05) is 0 Å². The number of rotatable bonds is 3. The molecule has 0 heterocycles. The minimum absolute atomic E-state index is 0.419. The first-order chi connectivity index (χ1) is 7.28. The number of aromatic carboxylic acids is 1. The highest BCUT2D eigenvalue weighted by molar-refractivity contribution is 7.89. The highest BCUT2D eigenvalue weighted by Crippen LogP contribution is 2.28. The quantitative estimate of drug-likeness (QED) is 0.800. The van der Waals surface area contributed by atoms with Crippen LogP contribution >= 0.6 is 0 Å². The Labute approximate surface area is 92.8 Å². The first kappa shape index (κ1) is 12.5. The molecule has 0 saturated heterocycles. The van der Waals surface area contributed by atoms with Gasteiger partial charge in [0.1, 0.15) is 16.2 Å². The second kappa shape index (κ2) is 4.11. The van der Waals surface area contributed by atoms with Crippen molar-refractivity contribution in [3.63, 3.8) is 0 Å². The Bertz CT molecular complexity index is 521. The van der Waals surface area contributed by atoms with Crippen LogP contribution < -0.4 is 0 Å². The van der Waals surface area contributed by atoms with Crippen molar-refractivity contribution in [1.29, 1.82) is 0 Å². The molecule has 1 rings (SSSR count). The summed E-state index contributed by atoms with van der Waals surface area (Å²) in [7, 11) is -1.26. The molecule has 0 aliphatic carbocycles. The SMILES string of the molecule is CN(C)S(=O)(=O)c1cccc(C(=O)O)c1O. The van der Waals surface area contributed by atoms with Gasteiger partial charge in [-0.15, -0.1) is 0 Å². The summed E-state index contributed by atoms with van der Waals surface area (Å²) in [4.78, 5) is 10.3. The molecule has 0 bridgehead atoms. The number of hydrogen-bond donors (Lipinski definition) is 2. The lowest BCUT2D eigenvalue weighted by Gasteiger charge is -2.13. The fourth-order valence-corrected chi connectivity index (χ4v) is 2.10. The third-order valence-corrected chi connectivity index (χ3v) is 3.83. The largest absolute Gasteiger partial charge is 0.506 e. The van der Waals surface area contributed by atoms with Crippen LogP contribution in [0.15, 0.2) is 23.1 Å². The van der Waals surface area contributed by atoms with Gasteiger partial charge in [-0.3, -0.25) is 0 Å². The van der Waals surface area contributed by atoms with Crippen molar-refractivity contribution >= 4 is 16.0 Å². The highest BCUT2D eigenvalue weighted by Gasteiger charge is 2.24. The van der Waals surface area contributed by atoms with Gasteiger partial charge < -0.3 is 10.2 Å². The molecular weight excluding hydrogens is 234 g/mol. The summed E-state index contributed by atoms with van der Waals surface area (Å²) in [5.41, 5.74) is -0.442. The molecule has 88 valence electrons. The Balaban J connectivity index is 3.49. The Kier molecular flexibility index (Phi) is 3.20. The van der Waals surface area contributed by atoms with Gasteiger partial charge in [0.15, 0.2) is 0 Å². The summed E-state index contributed by atoms with van der Waals surface area (Å²) in [6.07, 6.45) is 0. The predicted octanol–water partition coefficient (Wildman–Crippen LogP) is 0.341. The molecule has 0 unspecified atom stereocenters. The lowest BCUT2D eigenvalue weighted by Crippen LogP contribution is -2.22. The van der Waals surface area contributed by atoms with E-state index in [1.165, 1.54) is 20.2 Å². The van der Waals surface area contributed by atoms with E-state index in [1.54, 1.807) is 0 Å². The van der Waals surface area contributed by atoms with Crippen molar-refractivity contribution in [3.8, 4) is 5.75 Å². The standard InChI is InChI=1S/C9H11NO5S/c1-10(2)16(14,15)7-5-3-4-6(8(7)11)9(12)13/h3-5,11H,1-2H3,(H,12,13). The molecular formula is C9H11NO5S. The number of hydrogen-bond acceptors (Lipinski definition) is 4. The second-order valence-electron chi connectivity index (χ2n) is 3.24. The molecule has 0 fully saturated rings. The van der Waals surface area contributed by atoms with Gasteiger partial charge in [0.25, 0.3) is 0 Å². The molecule has 16 heavy (non-hydrogen) atoms. The van der Waals surface area contributed by atoms with Gasteiger partial charge in [0, 0.05) is 14.1 Å².